The van der Waals surface area contributed by atoms with E-state index in [1.807, 2.05) is 6.92 Å². The number of primary amides is 1. The van der Waals surface area contributed by atoms with Crippen LogP contribution in [0.3, 0.4) is 0 Å². The van der Waals surface area contributed by atoms with E-state index < -0.39 is 5.91 Å². The zero-order valence-electron chi connectivity index (χ0n) is 11.4. The molecule has 1 aromatic rings. The van der Waals surface area contributed by atoms with Crippen LogP contribution >= 0.6 is 11.8 Å². The van der Waals surface area contributed by atoms with Crippen LogP contribution < -0.4 is 11.1 Å². The minimum atomic E-state index is -0.661. The summed E-state index contributed by atoms with van der Waals surface area (Å²) < 4.78 is 0. The zero-order chi connectivity index (χ0) is 14.4. The number of carbonyl (C=O) groups is 2. The summed E-state index contributed by atoms with van der Waals surface area (Å²) in [4.78, 5) is 23.2. The number of nitrogens with zero attached hydrogens (tertiary/aromatic N) is 1. The molecule has 0 aliphatic heterocycles. The van der Waals surface area contributed by atoms with Gasteiger partial charge in [-0.25, -0.2) is 0 Å². The molecule has 19 heavy (non-hydrogen) atoms. The van der Waals surface area contributed by atoms with E-state index in [9.17, 15) is 9.59 Å². The summed E-state index contributed by atoms with van der Waals surface area (Å²) in [6, 6.07) is 0. The van der Waals surface area contributed by atoms with Gasteiger partial charge in [0.25, 0.3) is 5.91 Å². The number of unbranched alkanes of at least 4 members (excludes halogenated alkanes) is 1. The maximum Gasteiger partial charge on any atom is 0.271 e. The molecular formula is C12H20N4O2S. The van der Waals surface area contributed by atoms with Crippen LogP contribution in [0.5, 0.6) is 0 Å². The molecule has 1 rings (SSSR count). The van der Waals surface area contributed by atoms with Gasteiger partial charge in [0.05, 0.1) is 16.6 Å². The number of anilines is 1. The highest BCUT2D eigenvalue weighted by molar-refractivity contribution is 8.00. The topological polar surface area (TPSA) is 101 Å². The molecule has 0 radical (unpaired) electrons. The van der Waals surface area contributed by atoms with Gasteiger partial charge >= 0.3 is 0 Å². The number of H-pyrrole nitrogens is 1. The Labute approximate surface area is 116 Å². The molecule has 106 valence electrons. The van der Waals surface area contributed by atoms with Gasteiger partial charge in [0.1, 0.15) is 0 Å². The number of nitrogens with two attached hydrogens (primary N) is 1. The Morgan fingerprint density at radius 3 is 2.79 bits per heavy atom. The van der Waals surface area contributed by atoms with Crippen LogP contribution in [0.25, 0.3) is 0 Å². The van der Waals surface area contributed by atoms with Crippen LogP contribution in [0.2, 0.25) is 0 Å². The number of aromatic amines is 1. The van der Waals surface area contributed by atoms with Crippen molar-refractivity contribution in [3.05, 3.63) is 11.4 Å². The molecule has 0 aromatic carbocycles. The van der Waals surface area contributed by atoms with Crippen molar-refractivity contribution in [3.63, 3.8) is 0 Å². The second-order valence-electron chi connectivity index (χ2n) is 4.29. The number of thioether (sulfide) groups is 1. The Morgan fingerprint density at radius 2 is 2.21 bits per heavy atom. The van der Waals surface area contributed by atoms with E-state index in [1.165, 1.54) is 0 Å². The molecule has 7 heteroatoms. The summed E-state index contributed by atoms with van der Waals surface area (Å²) >= 11 is 1.59. The maximum absolute atomic E-state index is 12.0. The highest BCUT2D eigenvalue weighted by atomic mass is 32.2. The lowest BCUT2D eigenvalue weighted by molar-refractivity contribution is -0.115. The number of aromatic nitrogens is 2. The SMILES string of the molecule is CCCCSC(C)C(=O)Nc1c(C(N)=O)n[nH]c1C. The molecule has 0 saturated carbocycles. The van der Waals surface area contributed by atoms with E-state index in [2.05, 4.69) is 22.4 Å². The summed E-state index contributed by atoms with van der Waals surface area (Å²) in [6.45, 7) is 5.68. The second-order valence-corrected chi connectivity index (χ2v) is 5.74. The summed E-state index contributed by atoms with van der Waals surface area (Å²) in [5.41, 5.74) is 6.26. The number of hydrogen-bond donors (Lipinski definition) is 3. The van der Waals surface area contributed by atoms with Crippen molar-refractivity contribution in [1.29, 1.82) is 0 Å². The third kappa shape index (κ3) is 4.27. The van der Waals surface area contributed by atoms with Crippen molar-refractivity contribution in [3.8, 4) is 0 Å². The first kappa shape index (κ1) is 15.6. The van der Waals surface area contributed by atoms with Crippen LogP contribution in [0.1, 0.15) is 42.9 Å². The highest BCUT2D eigenvalue weighted by Gasteiger charge is 2.20. The summed E-state index contributed by atoms with van der Waals surface area (Å²) in [7, 11) is 0. The van der Waals surface area contributed by atoms with Crippen molar-refractivity contribution in [2.24, 2.45) is 5.73 Å². The zero-order valence-corrected chi connectivity index (χ0v) is 12.3. The first-order valence-corrected chi connectivity index (χ1v) is 7.29. The van der Waals surface area contributed by atoms with Crippen molar-refractivity contribution < 1.29 is 9.59 Å². The predicted molar refractivity (Wildman–Crippen MR) is 77.3 cm³/mol. The average molecular weight is 284 g/mol. The van der Waals surface area contributed by atoms with Crippen LogP contribution in [-0.2, 0) is 4.79 Å². The number of rotatable bonds is 7. The number of amides is 2. The largest absolute Gasteiger partial charge is 0.364 e. The molecule has 0 bridgehead atoms. The normalized spacial score (nSPS) is 12.2. The standard InChI is InChI=1S/C12H20N4O2S/c1-4-5-6-19-8(3)12(18)14-9-7(2)15-16-10(9)11(13)17/h8H,4-6H2,1-3H3,(H2,13,17)(H,14,18)(H,15,16). The molecule has 2 amide bonds. The molecular weight excluding hydrogens is 264 g/mol. The van der Waals surface area contributed by atoms with E-state index in [4.69, 9.17) is 5.73 Å². The Hall–Kier alpha value is -1.50. The molecule has 1 atom stereocenters. The lowest BCUT2D eigenvalue weighted by Gasteiger charge is -2.11. The third-order valence-electron chi connectivity index (χ3n) is 2.66. The fourth-order valence-electron chi connectivity index (χ4n) is 1.47. The monoisotopic (exact) mass is 284 g/mol. The minimum absolute atomic E-state index is 0.0663. The Balaban J connectivity index is 2.66. The molecule has 0 aliphatic carbocycles. The van der Waals surface area contributed by atoms with Crippen molar-refractivity contribution in [2.75, 3.05) is 11.1 Å². The van der Waals surface area contributed by atoms with Crippen molar-refractivity contribution in [1.82, 2.24) is 10.2 Å². The van der Waals surface area contributed by atoms with E-state index in [1.54, 1.807) is 18.7 Å². The average Bonchev–Trinajstić information content (AvgIpc) is 2.71. The lowest BCUT2D eigenvalue weighted by atomic mass is 10.2. The summed E-state index contributed by atoms with van der Waals surface area (Å²) in [6.07, 6.45) is 2.19. The molecule has 0 saturated heterocycles. The predicted octanol–water partition coefficient (Wildman–Crippen LogP) is 1.68. The fraction of sp³-hybridized carbons (Fsp3) is 0.583. The molecule has 1 aromatic heterocycles. The highest BCUT2D eigenvalue weighted by Crippen LogP contribution is 2.20. The third-order valence-corrected chi connectivity index (χ3v) is 3.90. The van der Waals surface area contributed by atoms with E-state index in [0.717, 1.165) is 18.6 Å². The van der Waals surface area contributed by atoms with Gasteiger partial charge in [0.15, 0.2) is 5.69 Å². The van der Waals surface area contributed by atoms with Gasteiger partial charge in [-0.1, -0.05) is 13.3 Å². The molecule has 1 heterocycles. The van der Waals surface area contributed by atoms with E-state index >= 15 is 0 Å². The summed E-state index contributed by atoms with van der Waals surface area (Å²) in [5, 5.41) is 8.96. The molecule has 1 unspecified atom stereocenters. The quantitative estimate of drug-likeness (QED) is 0.663. The number of hydrogen-bond acceptors (Lipinski definition) is 4. The van der Waals surface area contributed by atoms with Gasteiger partial charge in [-0.15, -0.1) is 11.8 Å². The van der Waals surface area contributed by atoms with E-state index in [0.29, 0.717) is 11.4 Å². The number of nitrogens with one attached hydrogen (secondary N) is 2. The maximum atomic E-state index is 12.0. The smallest absolute Gasteiger partial charge is 0.271 e. The molecule has 4 N–H and O–H groups in total. The first-order valence-electron chi connectivity index (χ1n) is 6.24. The van der Waals surface area contributed by atoms with Gasteiger partial charge in [-0.05, 0) is 26.0 Å². The van der Waals surface area contributed by atoms with Crippen LogP contribution in [0.15, 0.2) is 0 Å². The molecule has 0 aliphatic rings. The Bertz CT molecular complexity index is 459. The minimum Gasteiger partial charge on any atom is -0.364 e. The first-order chi connectivity index (χ1) is 8.97. The second kappa shape index (κ2) is 7.18. The van der Waals surface area contributed by atoms with Gasteiger partial charge in [-0.3, -0.25) is 14.7 Å². The van der Waals surface area contributed by atoms with E-state index in [-0.39, 0.29) is 16.9 Å². The number of carbonyl (C=O) groups excluding carboxylic acids is 2. The van der Waals surface area contributed by atoms with Crippen LogP contribution in [0, 0.1) is 6.92 Å². The van der Waals surface area contributed by atoms with Gasteiger partial charge in [0, 0.05) is 0 Å². The van der Waals surface area contributed by atoms with Gasteiger partial charge < -0.3 is 11.1 Å². The van der Waals surface area contributed by atoms with Crippen LogP contribution in [0.4, 0.5) is 5.69 Å². The van der Waals surface area contributed by atoms with Crippen LogP contribution in [-0.4, -0.2) is 33.0 Å². The lowest BCUT2D eigenvalue weighted by Crippen LogP contribution is -2.25. The van der Waals surface area contributed by atoms with Crippen molar-refractivity contribution >= 4 is 29.3 Å². The molecule has 0 spiro atoms. The molecule has 6 nitrogen and oxygen atoms in total. The van der Waals surface area contributed by atoms with Gasteiger partial charge in [-0.2, -0.15) is 5.10 Å². The fourth-order valence-corrected chi connectivity index (χ4v) is 2.48. The Kier molecular flexibility index (Phi) is 5.88. The summed E-state index contributed by atoms with van der Waals surface area (Å²) in [5.74, 6) is 0.136. The van der Waals surface area contributed by atoms with Crippen molar-refractivity contribution in [2.45, 2.75) is 38.9 Å². The molecule has 0 fully saturated rings. The van der Waals surface area contributed by atoms with Gasteiger partial charge in [0.2, 0.25) is 5.91 Å². The number of aryl methyl sites for hydroxylation is 1. The Morgan fingerprint density at radius 1 is 1.53 bits per heavy atom.